The first-order chi connectivity index (χ1) is 13.9. The van der Waals surface area contributed by atoms with Crippen LogP contribution in [0.3, 0.4) is 0 Å². The maximum Gasteiger partial charge on any atom is 0.247 e. The summed E-state index contributed by atoms with van der Waals surface area (Å²) in [7, 11) is -3.67. The van der Waals surface area contributed by atoms with Gasteiger partial charge in [-0.1, -0.05) is 0 Å². The summed E-state index contributed by atoms with van der Waals surface area (Å²) in [5, 5.41) is 0. The van der Waals surface area contributed by atoms with E-state index >= 15 is 0 Å². The Labute approximate surface area is 169 Å². The number of sulfonamides is 1. The van der Waals surface area contributed by atoms with Gasteiger partial charge in [-0.3, -0.25) is 19.4 Å². The van der Waals surface area contributed by atoms with Crippen molar-refractivity contribution in [3.63, 3.8) is 0 Å². The summed E-state index contributed by atoms with van der Waals surface area (Å²) in [5.41, 5.74) is 0. The van der Waals surface area contributed by atoms with Crippen LogP contribution in [0.25, 0.3) is 0 Å². The maximum atomic E-state index is 13.0. The molecule has 9 nitrogen and oxygen atoms in total. The van der Waals surface area contributed by atoms with Crippen molar-refractivity contribution in [2.75, 3.05) is 39.4 Å². The summed E-state index contributed by atoms with van der Waals surface area (Å²) in [6, 6.07) is 4.27. The summed E-state index contributed by atoms with van der Waals surface area (Å²) in [5.74, 6) is 0.755. The number of carbonyl (C=O) groups is 2. The molecule has 0 radical (unpaired) electrons. The van der Waals surface area contributed by atoms with Crippen molar-refractivity contribution >= 4 is 21.8 Å². The van der Waals surface area contributed by atoms with E-state index in [-0.39, 0.29) is 42.3 Å². The number of imide groups is 1. The van der Waals surface area contributed by atoms with Crippen molar-refractivity contribution in [2.24, 2.45) is 0 Å². The van der Waals surface area contributed by atoms with Crippen molar-refractivity contribution in [3.05, 3.63) is 18.2 Å². The third kappa shape index (κ3) is 3.28. The van der Waals surface area contributed by atoms with Crippen molar-refractivity contribution in [1.29, 1.82) is 0 Å². The van der Waals surface area contributed by atoms with Gasteiger partial charge in [-0.25, -0.2) is 8.42 Å². The highest BCUT2D eigenvalue weighted by molar-refractivity contribution is 7.89. The molecule has 3 fully saturated rings. The van der Waals surface area contributed by atoms with E-state index < -0.39 is 16.1 Å². The van der Waals surface area contributed by atoms with E-state index in [4.69, 9.17) is 9.47 Å². The minimum absolute atomic E-state index is 0.0804. The van der Waals surface area contributed by atoms with Gasteiger partial charge in [0.25, 0.3) is 0 Å². The highest BCUT2D eigenvalue weighted by Gasteiger charge is 2.48. The quantitative estimate of drug-likeness (QED) is 0.634. The third-order valence-electron chi connectivity index (χ3n) is 5.94. The predicted octanol–water partition coefficient (Wildman–Crippen LogP) is 0.0540. The number of benzene rings is 1. The highest BCUT2D eigenvalue weighted by atomic mass is 32.2. The van der Waals surface area contributed by atoms with Crippen molar-refractivity contribution in [3.8, 4) is 11.5 Å². The number of amides is 2. The Balaban J connectivity index is 1.27. The van der Waals surface area contributed by atoms with Crippen LogP contribution >= 0.6 is 0 Å². The van der Waals surface area contributed by atoms with Gasteiger partial charge in [0.15, 0.2) is 11.5 Å². The van der Waals surface area contributed by atoms with Gasteiger partial charge < -0.3 is 9.47 Å². The van der Waals surface area contributed by atoms with Crippen LogP contribution in [0, 0.1) is 0 Å². The first-order valence-corrected chi connectivity index (χ1v) is 11.4. The van der Waals surface area contributed by atoms with Crippen molar-refractivity contribution < 1.29 is 27.5 Å². The second kappa shape index (κ2) is 6.96. The summed E-state index contributed by atoms with van der Waals surface area (Å²) in [6.45, 7) is 2.23. The predicted molar refractivity (Wildman–Crippen MR) is 101 cm³/mol. The normalized spacial score (nSPS) is 26.2. The molecule has 1 saturated carbocycles. The fraction of sp³-hybridized carbons (Fsp3) is 0.579. The molecule has 0 spiro atoms. The third-order valence-corrected chi connectivity index (χ3v) is 7.83. The number of ether oxygens (including phenoxy) is 2. The van der Waals surface area contributed by atoms with Crippen LogP contribution in [-0.2, 0) is 19.6 Å². The van der Waals surface area contributed by atoms with Crippen LogP contribution < -0.4 is 9.47 Å². The monoisotopic (exact) mass is 421 g/mol. The maximum absolute atomic E-state index is 13.0. The number of nitrogens with zero attached hydrogens (tertiary/aromatic N) is 3. The lowest BCUT2D eigenvalue weighted by Gasteiger charge is -2.36. The second-order valence-electron chi connectivity index (χ2n) is 7.80. The zero-order valence-electron chi connectivity index (χ0n) is 16.0. The van der Waals surface area contributed by atoms with Crippen LogP contribution in [0.4, 0.5) is 0 Å². The minimum Gasteiger partial charge on any atom is -0.486 e. The SMILES string of the molecule is O=C1C[C@H](N2CCN(S(=O)(=O)c3ccc4c(c3)OCCO4)CC2)C(=O)N1C1CC1. The summed E-state index contributed by atoms with van der Waals surface area (Å²) in [4.78, 5) is 28.4. The molecule has 0 unspecified atom stereocenters. The van der Waals surface area contributed by atoms with Crippen LogP contribution in [0.15, 0.2) is 23.1 Å². The number of carbonyl (C=O) groups excluding carboxylic acids is 2. The highest BCUT2D eigenvalue weighted by Crippen LogP contribution is 2.35. The van der Waals surface area contributed by atoms with Gasteiger partial charge in [0.1, 0.15) is 13.2 Å². The Hall–Kier alpha value is -2.17. The molecule has 0 N–H and O–H groups in total. The van der Waals surface area contributed by atoms with Crippen molar-refractivity contribution in [1.82, 2.24) is 14.1 Å². The molecule has 0 aromatic heterocycles. The summed E-state index contributed by atoms with van der Waals surface area (Å²) in [6.07, 6.45) is 1.99. The molecule has 5 rings (SSSR count). The summed E-state index contributed by atoms with van der Waals surface area (Å²) < 4.78 is 38.5. The summed E-state index contributed by atoms with van der Waals surface area (Å²) >= 11 is 0. The fourth-order valence-corrected chi connectivity index (χ4v) is 5.66. The molecule has 3 aliphatic heterocycles. The smallest absolute Gasteiger partial charge is 0.247 e. The average Bonchev–Trinajstić information content (AvgIpc) is 3.52. The second-order valence-corrected chi connectivity index (χ2v) is 9.74. The minimum atomic E-state index is -3.67. The molecular formula is C19H23N3O6S. The molecule has 3 heterocycles. The fourth-order valence-electron chi connectivity index (χ4n) is 4.22. The van der Waals surface area contributed by atoms with E-state index in [1.165, 1.54) is 21.3 Å². The lowest BCUT2D eigenvalue weighted by atomic mass is 10.2. The van der Waals surface area contributed by atoms with Crippen LogP contribution in [0.5, 0.6) is 11.5 Å². The first-order valence-electron chi connectivity index (χ1n) is 9.95. The molecule has 4 aliphatic rings. The number of piperazine rings is 1. The molecule has 1 atom stereocenters. The molecule has 156 valence electrons. The number of likely N-dealkylation sites (tertiary alicyclic amines) is 1. The Bertz CT molecular complexity index is 953. The Kier molecular flexibility index (Phi) is 4.52. The molecule has 1 aliphatic carbocycles. The van der Waals surface area contributed by atoms with Gasteiger partial charge in [-0.15, -0.1) is 0 Å². The number of rotatable bonds is 4. The number of hydrogen-bond donors (Lipinski definition) is 0. The topological polar surface area (TPSA) is 96.5 Å². The molecular weight excluding hydrogens is 398 g/mol. The number of hydrogen-bond acceptors (Lipinski definition) is 7. The Morgan fingerprint density at radius 3 is 2.31 bits per heavy atom. The first kappa shape index (κ1) is 18.8. The van der Waals surface area contributed by atoms with Crippen LogP contribution in [0.1, 0.15) is 19.3 Å². The molecule has 2 amide bonds. The molecule has 29 heavy (non-hydrogen) atoms. The number of fused-ring (bicyclic) bond motifs is 1. The van der Waals surface area contributed by atoms with Crippen LogP contribution in [0.2, 0.25) is 0 Å². The Morgan fingerprint density at radius 1 is 0.931 bits per heavy atom. The van der Waals surface area contributed by atoms with Gasteiger partial charge in [0, 0.05) is 38.3 Å². The molecule has 1 aromatic carbocycles. The molecule has 1 aromatic rings. The standard InChI is InChI=1S/C19H23N3O6S/c23-18-12-15(19(24)22(18)13-1-2-13)20-5-7-21(8-6-20)29(25,26)14-3-4-16-17(11-14)28-10-9-27-16/h3-4,11,13,15H,1-2,5-10,12H2/t15-/m0/s1. The van der Waals surface area contributed by atoms with E-state index in [1.807, 2.05) is 4.90 Å². The van der Waals surface area contributed by atoms with Crippen LogP contribution in [-0.4, -0.2) is 85.8 Å². The molecule has 2 saturated heterocycles. The van der Waals surface area contributed by atoms with E-state index in [1.54, 1.807) is 6.07 Å². The zero-order chi connectivity index (χ0) is 20.2. The van der Waals surface area contributed by atoms with E-state index in [2.05, 4.69) is 0 Å². The van der Waals surface area contributed by atoms with Crippen molar-refractivity contribution in [2.45, 2.75) is 36.2 Å². The molecule has 0 bridgehead atoms. The largest absolute Gasteiger partial charge is 0.486 e. The van der Waals surface area contributed by atoms with E-state index in [0.717, 1.165) is 12.8 Å². The average molecular weight is 421 g/mol. The Morgan fingerprint density at radius 2 is 1.62 bits per heavy atom. The lowest BCUT2D eigenvalue weighted by Crippen LogP contribution is -2.53. The van der Waals surface area contributed by atoms with Gasteiger partial charge >= 0.3 is 0 Å². The molecule has 10 heteroatoms. The van der Waals surface area contributed by atoms with Gasteiger partial charge in [0.05, 0.1) is 17.4 Å². The van der Waals surface area contributed by atoms with E-state index in [0.29, 0.717) is 37.8 Å². The van der Waals surface area contributed by atoms with E-state index in [9.17, 15) is 18.0 Å². The van der Waals surface area contributed by atoms with Gasteiger partial charge in [-0.2, -0.15) is 4.31 Å². The van der Waals surface area contributed by atoms with Gasteiger partial charge in [0.2, 0.25) is 21.8 Å². The zero-order valence-corrected chi connectivity index (χ0v) is 16.8. The lowest BCUT2D eigenvalue weighted by molar-refractivity contribution is -0.140. The van der Waals surface area contributed by atoms with Gasteiger partial charge in [-0.05, 0) is 25.0 Å².